The molecule has 1 unspecified atom stereocenters. The van der Waals surface area contributed by atoms with Crippen LogP contribution >= 0.6 is 0 Å². The number of benzene rings is 1. The summed E-state index contributed by atoms with van der Waals surface area (Å²) in [5.74, 6) is -1.76. The van der Waals surface area contributed by atoms with E-state index in [0.717, 1.165) is 0 Å². The van der Waals surface area contributed by atoms with Crippen molar-refractivity contribution < 1.29 is 18.7 Å². The SMILES string of the molecule is CC(O)c1ccc(C2CCC(=O)CC2)c(F)c1F. The molecule has 2 nitrogen and oxygen atoms in total. The number of halogens is 2. The van der Waals surface area contributed by atoms with E-state index >= 15 is 0 Å². The summed E-state index contributed by atoms with van der Waals surface area (Å²) >= 11 is 0. The minimum Gasteiger partial charge on any atom is -0.389 e. The Balaban J connectivity index is 2.29. The number of aliphatic hydroxyl groups is 1. The van der Waals surface area contributed by atoms with Crippen molar-refractivity contribution in [3.63, 3.8) is 0 Å². The van der Waals surface area contributed by atoms with Gasteiger partial charge in [-0.1, -0.05) is 12.1 Å². The van der Waals surface area contributed by atoms with Crippen molar-refractivity contribution in [2.45, 2.75) is 44.6 Å². The highest BCUT2D eigenvalue weighted by atomic mass is 19.2. The minimum atomic E-state index is -1.03. The summed E-state index contributed by atoms with van der Waals surface area (Å²) in [5.41, 5.74) is 0.299. The van der Waals surface area contributed by atoms with Crippen LogP contribution in [0.4, 0.5) is 8.78 Å². The Morgan fingerprint density at radius 2 is 1.83 bits per heavy atom. The van der Waals surface area contributed by atoms with Crippen LogP contribution in [-0.4, -0.2) is 10.9 Å². The standard InChI is InChI=1S/C14H16F2O2/c1-8(17)11-6-7-12(14(16)13(11)15)9-2-4-10(18)5-3-9/h6-9,17H,2-5H2,1H3. The Kier molecular flexibility index (Phi) is 3.76. The zero-order valence-electron chi connectivity index (χ0n) is 10.2. The molecule has 0 amide bonds. The molecular weight excluding hydrogens is 238 g/mol. The molecule has 1 saturated carbocycles. The fourth-order valence-corrected chi connectivity index (χ4v) is 2.47. The maximum Gasteiger partial charge on any atom is 0.164 e. The molecule has 2 rings (SSSR count). The molecule has 0 aromatic heterocycles. The van der Waals surface area contributed by atoms with Crippen LogP contribution in [0.25, 0.3) is 0 Å². The zero-order valence-corrected chi connectivity index (χ0v) is 10.2. The van der Waals surface area contributed by atoms with Gasteiger partial charge in [0.05, 0.1) is 6.10 Å². The van der Waals surface area contributed by atoms with Crippen LogP contribution in [-0.2, 0) is 4.79 Å². The molecule has 18 heavy (non-hydrogen) atoms. The van der Waals surface area contributed by atoms with Crippen LogP contribution in [0.1, 0.15) is 55.8 Å². The van der Waals surface area contributed by atoms with Crippen LogP contribution in [0.2, 0.25) is 0 Å². The van der Waals surface area contributed by atoms with E-state index in [9.17, 15) is 18.7 Å². The van der Waals surface area contributed by atoms with Crippen LogP contribution in [0.3, 0.4) is 0 Å². The maximum atomic E-state index is 13.9. The number of carbonyl (C=O) groups is 1. The van der Waals surface area contributed by atoms with Crippen LogP contribution in [0.5, 0.6) is 0 Å². The lowest BCUT2D eigenvalue weighted by molar-refractivity contribution is -0.120. The van der Waals surface area contributed by atoms with Crippen molar-refractivity contribution in [3.05, 3.63) is 34.9 Å². The molecule has 1 atom stereocenters. The smallest absolute Gasteiger partial charge is 0.164 e. The number of hydrogen-bond acceptors (Lipinski definition) is 2. The maximum absolute atomic E-state index is 13.9. The van der Waals surface area contributed by atoms with Crippen molar-refractivity contribution in [2.75, 3.05) is 0 Å². The van der Waals surface area contributed by atoms with Crippen LogP contribution in [0.15, 0.2) is 12.1 Å². The summed E-state index contributed by atoms with van der Waals surface area (Å²) < 4.78 is 27.7. The van der Waals surface area contributed by atoms with E-state index in [2.05, 4.69) is 0 Å². The minimum absolute atomic E-state index is 0.0249. The Bertz CT molecular complexity index is 459. The topological polar surface area (TPSA) is 37.3 Å². The summed E-state index contributed by atoms with van der Waals surface area (Å²) in [6.07, 6.45) is 0.988. The third-order valence-corrected chi connectivity index (χ3v) is 3.58. The molecule has 1 N–H and O–H groups in total. The highest BCUT2D eigenvalue weighted by Gasteiger charge is 2.25. The average molecular weight is 254 g/mol. The highest BCUT2D eigenvalue weighted by Crippen LogP contribution is 2.34. The second kappa shape index (κ2) is 5.14. The normalized spacial score (nSPS) is 19.0. The van der Waals surface area contributed by atoms with Gasteiger partial charge in [0.2, 0.25) is 0 Å². The van der Waals surface area contributed by atoms with Gasteiger partial charge in [-0.2, -0.15) is 0 Å². The molecule has 1 aliphatic carbocycles. The van der Waals surface area contributed by atoms with Crippen LogP contribution < -0.4 is 0 Å². The number of aliphatic hydroxyl groups excluding tert-OH is 1. The van der Waals surface area contributed by atoms with Gasteiger partial charge in [-0.25, -0.2) is 8.78 Å². The summed E-state index contributed by atoms with van der Waals surface area (Å²) in [6.45, 7) is 1.40. The first kappa shape index (κ1) is 13.1. The molecule has 1 aliphatic rings. The van der Waals surface area contributed by atoms with Gasteiger partial charge in [0.1, 0.15) is 5.78 Å². The molecule has 0 bridgehead atoms. The molecule has 1 fully saturated rings. The summed E-state index contributed by atoms with van der Waals surface area (Å²) in [6, 6.07) is 2.95. The van der Waals surface area contributed by atoms with E-state index in [-0.39, 0.29) is 17.3 Å². The van der Waals surface area contributed by atoms with Crippen molar-refractivity contribution in [2.24, 2.45) is 0 Å². The molecule has 0 heterocycles. The Hall–Kier alpha value is -1.29. The molecule has 0 spiro atoms. The van der Waals surface area contributed by atoms with Gasteiger partial charge < -0.3 is 5.11 Å². The first-order valence-corrected chi connectivity index (χ1v) is 6.18. The average Bonchev–Trinajstić information content (AvgIpc) is 2.33. The Labute approximate surface area is 105 Å². The van der Waals surface area contributed by atoms with Crippen LogP contribution in [0, 0.1) is 11.6 Å². The van der Waals surface area contributed by atoms with Gasteiger partial charge in [-0.15, -0.1) is 0 Å². The second-order valence-electron chi connectivity index (χ2n) is 4.86. The van der Waals surface area contributed by atoms with Crippen molar-refractivity contribution >= 4 is 5.78 Å². The lowest BCUT2D eigenvalue weighted by Crippen LogP contribution is -2.14. The van der Waals surface area contributed by atoms with E-state index in [1.807, 2.05) is 0 Å². The lowest BCUT2D eigenvalue weighted by atomic mass is 9.83. The van der Waals surface area contributed by atoms with Gasteiger partial charge in [-0.05, 0) is 31.2 Å². The molecule has 1 aromatic carbocycles. The van der Waals surface area contributed by atoms with E-state index < -0.39 is 17.7 Å². The molecule has 4 heteroatoms. The third kappa shape index (κ3) is 2.43. The van der Waals surface area contributed by atoms with Gasteiger partial charge in [0, 0.05) is 18.4 Å². The molecule has 0 saturated heterocycles. The molecule has 98 valence electrons. The number of hydrogen-bond donors (Lipinski definition) is 1. The highest BCUT2D eigenvalue weighted by molar-refractivity contribution is 5.79. The van der Waals surface area contributed by atoms with Gasteiger partial charge >= 0.3 is 0 Å². The number of carbonyl (C=O) groups excluding carboxylic acids is 1. The number of Topliss-reactive ketones (excluding diaryl/α,β-unsaturated/α-hetero) is 1. The largest absolute Gasteiger partial charge is 0.389 e. The first-order valence-electron chi connectivity index (χ1n) is 6.18. The van der Waals surface area contributed by atoms with Crippen molar-refractivity contribution in [1.82, 2.24) is 0 Å². The molecule has 1 aromatic rings. The van der Waals surface area contributed by atoms with E-state index in [1.54, 1.807) is 0 Å². The Morgan fingerprint density at radius 3 is 2.39 bits per heavy atom. The number of rotatable bonds is 2. The fraction of sp³-hybridized carbons (Fsp3) is 0.500. The predicted molar refractivity (Wildman–Crippen MR) is 63.2 cm³/mol. The van der Waals surface area contributed by atoms with Gasteiger partial charge in [0.25, 0.3) is 0 Å². The van der Waals surface area contributed by atoms with E-state index in [0.29, 0.717) is 31.2 Å². The lowest BCUT2D eigenvalue weighted by Gasteiger charge is -2.22. The third-order valence-electron chi connectivity index (χ3n) is 3.58. The summed E-state index contributed by atoms with van der Waals surface area (Å²) in [5, 5.41) is 9.31. The Morgan fingerprint density at radius 1 is 1.22 bits per heavy atom. The summed E-state index contributed by atoms with van der Waals surface area (Å²) in [4.78, 5) is 11.1. The zero-order chi connectivity index (χ0) is 13.3. The molecular formula is C14H16F2O2. The van der Waals surface area contributed by atoms with Crippen molar-refractivity contribution in [1.29, 1.82) is 0 Å². The first-order chi connectivity index (χ1) is 8.50. The van der Waals surface area contributed by atoms with E-state index in [1.165, 1.54) is 19.1 Å². The van der Waals surface area contributed by atoms with Crippen molar-refractivity contribution in [3.8, 4) is 0 Å². The van der Waals surface area contributed by atoms with E-state index in [4.69, 9.17) is 0 Å². The number of ketones is 1. The van der Waals surface area contributed by atoms with Gasteiger partial charge in [-0.3, -0.25) is 4.79 Å². The molecule has 0 radical (unpaired) electrons. The monoisotopic (exact) mass is 254 g/mol. The van der Waals surface area contributed by atoms with Gasteiger partial charge in [0.15, 0.2) is 11.6 Å². The fourth-order valence-electron chi connectivity index (χ4n) is 2.47. The second-order valence-corrected chi connectivity index (χ2v) is 4.86. The molecule has 0 aliphatic heterocycles. The predicted octanol–water partition coefficient (Wildman–Crippen LogP) is 3.24. The quantitative estimate of drug-likeness (QED) is 0.879. The summed E-state index contributed by atoms with van der Waals surface area (Å²) in [7, 11) is 0.